The Hall–Kier alpha value is -3.80. The number of hydrogen-bond donors (Lipinski definition) is 2. The van der Waals surface area contributed by atoms with Crippen molar-refractivity contribution in [1.82, 2.24) is 14.1 Å². The van der Waals surface area contributed by atoms with E-state index in [4.69, 9.17) is 0 Å². The number of nitrogens with one attached hydrogen (secondary N) is 1. The van der Waals surface area contributed by atoms with Crippen molar-refractivity contribution in [3.63, 3.8) is 0 Å². The van der Waals surface area contributed by atoms with Crippen LogP contribution in [-0.2, 0) is 11.2 Å². The summed E-state index contributed by atoms with van der Waals surface area (Å²) < 4.78 is 4.15. The van der Waals surface area contributed by atoms with E-state index in [1.165, 1.54) is 0 Å². The van der Waals surface area contributed by atoms with Gasteiger partial charge in [0, 0.05) is 41.7 Å². The van der Waals surface area contributed by atoms with E-state index in [0.29, 0.717) is 6.42 Å². The third kappa shape index (κ3) is 4.59. The van der Waals surface area contributed by atoms with E-state index in [1.807, 2.05) is 16.8 Å². The Morgan fingerprint density at radius 1 is 1.09 bits per heavy atom. The zero-order valence-corrected chi connectivity index (χ0v) is 18.5. The number of anilines is 1. The lowest BCUT2D eigenvalue weighted by Crippen LogP contribution is -2.07. The van der Waals surface area contributed by atoms with Gasteiger partial charge in [0.2, 0.25) is 0 Å². The van der Waals surface area contributed by atoms with Crippen molar-refractivity contribution in [3.8, 4) is 22.6 Å². The van der Waals surface area contributed by atoms with E-state index < -0.39 is 5.97 Å². The van der Waals surface area contributed by atoms with Crippen LogP contribution in [0.25, 0.3) is 22.6 Å². The van der Waals surface area contributed by atoms with Crippen molar-refractivity contribution in [2.75, 3.05) is 11.9 Å². The lowest BCUT2D eigenvalue weighted by Gasteiger charge is -2.18. The Morgan fingerprint density at radius 2 is 1.91 bits per heavy atom. The standard InChI is InChI=1S/C26H28N4O2/c1-3-14-28-21-6-11-24(19(2)17-21)30-23(10-13-26(31)32)9-12-25(30)20-4-7-22(8-5-20)29-16-15-27-18-29/h4-9,11-12,15-18,28H,3,10,13-14H2,1-2H3,(H,31,32). The number of aromatic nitrogens is 3. The van der Waals surface area contributed by atoms with Crippen LogP contribution in [0.1, 0.15) is 31.0 Å². The zero-order valence-electron chi connectivity index (χ0n) is 18.5. The number of benzene rings is 2. The van der Waals surface area contributed by atoms with Gasteiger partial charge in [0.25, 0.3) is 0 Å². The van der Waals surface area contributed by atoms with Gasteiger partial charge in [-0.15, -0.1) is 0 Å². The summed E-state index contributed by atoms with van der Waals surface area (Å²) >= 11 is 0. The van der Waals surface area contributed by atoms with Crippen LogP contribution >= 0.6 is 0 Å². The fourth-order valence-corrected chi connectivity index (χ4v) is 3.92. The van der Waals surface area contributed by atoms with Crippen molar-refractivity contribution >= 4 is 11.7 Å². The normalized spacial score (nSPS) is 10.9. The van der Waals surface area contributed by atoms with Crippen LogP contribution < -0.4 is 5.32 Å². The van der Waals surface area contributed by atoms with Gasteiger partial charge in [0.05, 0.1) is 18.4 Å². The zero-order chi connectivity index (χ0) is 22.5. The molecule has 0 aliphatic carbocycles. The molecule has 6 heteroatoms. The molecule has 0 atom stereocenters. The average molecular weight is 429 g/mol. The first kappa shape index (κ1) is 21.4. The summed E-state index contributed by atoms with van der Waals surface area (Å²) in [5.41, 5.74) is 7.43. The van der Waals surface area contributed by atoms with Gasteiger partial charge in [-0.3, -0.25) is 4.79 Å². The molecule has 0 aliphatic rings. The molecule has 0 radical (unpaired) electrons. The Kier molecular flexibility index (Phi) is 6.40. The number of carboxylic acids is 1. The quantitative estimate of drug-likeness (QED) is 0.370. The van der Waals surface area contributed by atoms with Crippen LogP contribution in [0.4, 0.5) is 5.69 Å². The molecule has 0 saturated heterocycles. The molecule has 2 aromatic heterocycles. The number of imidazole rings is 1. The molecule has 2 heterocycles. The highest BCUT2D eigenvalue weighted by atomic mass is 16.4. The van der Waals surface area contributed by atoms with Gasteiger partial charge < -0.3 is 19.6 Å². The maximum absolute atomic E-state index is 11.2. The Labute approximate surface area is 188 Å². The second-order valence-electron chi connectivity index (χ2n) is 7.88. The van der Waals surface area contributed by atoms with Gasteiger partial charge in [0.15, 0.2) is 0 Å². The molecule has 0 amide bonds. The molecule has 0 spiro atoms. The first-order valence-electron chi connectivity index (χ1n) is 10.9. The molecule has 4 rings (SSSR count). The fraction of sp³-hybridized carbons (Fsp3) is 0.231. The second kappa shape index (κ2) is 9.56. The lowest BCUT2D eigenvalue weighted by molar-refractivity contribution is -0.136. The van der Waals surface area contributed by atoms with Crippen LogP contribution in [0.2, 0.25) is 0 Å². The Balaban J connectivity index is 1.74. The molecular weight excluding hydrogens is 400 g/mol. The first-order valence-corrected chi connectivity index (χ1v) is 10.9. The van der Waals surface area contributed by atoms with Crippen LogP contribution in [0, 0.1) is 6.92 Å². The molecule has 4 aromatic rings. The minimum Gasteiger partial charge on any atom is -0.481 e. The Morgan fingerprint density at radius 3 is 2.56 bits per heavy atom. The van der Waals surface area contributed by atoms with Crippen molar-refractivity contribution in [2.24, 2.45) is 0 Å². The smallest absolute Gasteiger partial charge is 0.303 e. The number of carboxylic acid groups (broad SMARTS) is 1. The lowest BCUT2D eigenvalue weighted by atomic mass is 10.1. The molecule has 2 aromatic carbocycles. The molecule has 32 heavy (non-hydrogen) atoms. The third-order valence-corrected chi connectivity index (χ3v) is 5.54. The van der Waals surface area contributed by atoms with Crippen LogP contribution in [-0.4, -0.2) is 31.7 Å². The number of aliphatic carboxylic acids is 1. The molecule has 6 nitrogen and oxygen atoms in total. The summed E-state index contributed by atoms with van der Waals surface area (Å²) in [7, 11) is 0. The molecular formula is C26H28N4O2. The van der Waals surface area contributed by atoms with E-state index in [2.05, 4.69) is 77.2 Å². The fourth-order valence-electron chi connectivity index (χ4n) is 3.92. The topological polar surface area (TPSA) is 72.1 Å². The van der Waals surface area contributed by atoms with E-state index >= 15 is 0 Å². The minimum atomic E-state index is -0.792. The van der Waals surface area contributed by atoms with Gasteiger partial charge in [-0.1, -0.05) is 19.1 Å². The monoisotopic (exact) mass is 428 g/mol. The van der Waals surface area contributed by atoms with Crippen molar-refractivity contribution in [1.29, 1.82) is 0 Å². The van der Waals surface area contributed by atoms with Gasteiger partial charge in [0.1, 0.15) is 0 Å². The molecule has 0 fully saturated rings. The highest BCUT2D eigenvalue weighted by Gasteiger charge is 2.15. The van der Waals surface area contributed by atoms with E-state index in [1.54, 1.807) is 12.5 Å². The highest BCUT2D eigenvalue weighted by Crippen LogP contribution is 2.31. The average Bonchev–Trinajstić information content (AvgIpc) is 3.47. The number of aryl methyl sites for hydroxylation is 2. The molecule has 0 unspecified atom stereocenters. The number of nitrogens with zero attached hydrogens (tertiary/aromatic N) is 3. The summed E-state index contributed by atoms with van der Waals surface area (Å²) in [6, 6.07) is 18.8. The summed E-state index contributed by atoms with van der Waals surface area (Å²) in [5.74, 6) is -0.792. The summed E-state index contributed by atoms with van der Waals surface area (Å²) in [4.78, 5) is 15.3. The summed E-state index contributed by atoms with van der Waals surface area (Å²) in [6.07, 6.45) is 7.08. The molecule has 0 bridgehead atoms. The van der Waals surface area contributed by atoms with E-state index in [-0.39, 0.29) is 6.42 Å². The molecule has 2 N–H and O–H groups in total. The van der Waals surface area contributed by atoms with Gasteiger partial charge in [-0.25, -0.2) is 4.98 Å². The van der Waals surface area contributed by atoms with Gasteiger partial charge in [-0.2, -0.15) is 0 Å². The van der Waals surface area contributed by atoms with Gasteiger partial charge >= 0.3 is 5.97 Å². The second-order valence-corrected chi connectivity index (χ2v) is 7.88. The first-order chi connectivity index (χ1) is 15.6. The minimum absolute atomic E-state index is 0.0954. The largest absolute Gasteiger partial charge is 0.481 e. The number of hydrogen-bond acceptors (Lipinski definition) is 3. The predicted octanol–water partition coefficient (Wildman–Crippen LogP) is 5.48. The van der Waals surface area contributed by atoms with Crippen molar-refractivity contribution in [3.05, 3.63) is 84.6 Å². The van der Waals surface area contributed by atoms with Crippen molar-refractivity contribution < 1.29 is 9.90 Å². The van der Waals surface area contributed by atoms with Crippen molar-refractivity contribution in [2.45, 2.75) is 33.1 Å². The number of carbonyl (C=O) groups is 1. The Bertz CT molecular complexity index is 1190. The molecule has 164 valence electrons. The predicted molar refractivity (Wildman–Crippen MR) is 128 cm³/mol. The van der Waals surface area contributed by atoms with Crippen LogP contribution in [0.15, 0.2) is 73.3 Å². The molecule has 0 saturated carbocycles. The maximum Gasteiger partial charge on any atom is 0.303 e. The third-order valence-electron chi connectivity index (χ3n) is 5.54. The van der Waals surface area contributed by atoms with Gasteiger partial charge in [-0.05, 0) is 73.4 Å². The van der Waals surface area contributed by atoms with Crippen LogP contribution in [0.5, 0.6) is 0 Å². The summed E-state index contributed by atoms with van der Waals surface area (Å²) in [6.45, 7) is 5.17. The molecule has 0 aliphatic heterocycles. The van der Waals surface area contributed by atoms with E-state index in [0.717, 1.165) is 52.5 Å². The number of rotatable bonds is 9. The maximum atomic E-state index is 11.2. The summed E-state index contributed by atoms with van der Waals surface area (Å²) in [5, 5.41) is 12.7. The van der Waals surface area contributed by atoms with Crippen LogP contribution in [0.3, 0.4) is 0 Å². The SMILES string of the molecule is CCCNc1ccc(-n2c(CCC(=O)O)ccc2-c2ccc(-n3ccnc3)cc2)c(C)c1. The highest BCUT2D eigenvalue weighted by molar-refractivity contribution is 5.69. The van der Waals surface area contributed by atoms with E-state index in [9.17, 15) is 9.90 Å².